The molecule has 0 spiro atoms. The number of nitrogens with zero attached hydrogens (tertiary/aromatic N) is 1. The molecule has 2 N–H and O–H groups in total. The van der Waals surface area contributed by atoms with E-state index in [9.17, 15) is 9.59 Å². The van der Waals surface area contributed by atoms with E-state index in [1.54, 1.807) is 23.3 Å². The molecule has 1 heterocycles. The number of thiophene rings is 1. The first kappa shape index (κ1) is 13.9. The Morgan fingerprint density at radius 3 is 2.89 bits per heavy atom. The Hall–Kier alpha value is -1.56. The highest BCUT2D eigenvalue weighted by molar-refractivity contribution is 7.07. The van der Waals surface area contributed by atoms with Gasteiger partial charge in [0.15, 0.2) is 0 Å². The van der Waals surface area contributed by atoms with Crippen molar-refractivity contribution in [2.45, 2.75) is 31.8 Å². The number of rotatable bonds is 4. The summed E-state index contributed by atoms with van der Waals surface area (Å²) in [6.45, 7) is 0.574. The summed E-state index contributed by atoms with van der Waals surface area (Å²) in [5.74, 6) is -1.07. The van der Waals surface area contributed by atoms with Crippen LogP contribution in [0.3, 0.4) is 0 Å². The smallest absolute Gasteiger partial charge is 0.317 e. The number of hydrogen-bond donors (Lipinski definition) is 2. The predicted octanol–water partition coefficient (Wildman–Crippen LogP) is 2.14. The van der Waals surface area contributed by atoms with Crippen molar-refractivity contribution in [2.24, 2.45) is 5.92 Å². The van der Waals surface area contributed by atoms with Gasteiger partial charge in [0.1, 0.15) is 0 Å². The molecule has 104 valence electrons. The Bertz CT molecular complexity index is 447. The third-order valence-electron chi connectivity index (χ3n) is 3.46. The first-order valence-corrected chi connectivity index (χ1v) is 7.26. The Balaban J connectivity index is 1.79. The van der Waals surface area contributed by atoms with Gasteiger partial charge in [-0.2, -0.15) is 11.3 Å². The van der Waals surface area contributed by atoms with Crippen molar-refractivity contribution >= 4 is 23.3 Å². The fourth-order valence-electron chi connectivity index (χ4n) is 2.35. The van der Waals surface area contributed by atoms with Crippen LogP contribution < -0.4 is 5.32 Å². The molecule has 2 amide bonds. The lowest BCUT2D eigenvalue weighted by Gasteiger charge is -2.20. The van der Waals surface area contributed by atoms with Crippen LogP contribution in [-0.2, 0) is 11.3 Å². The number of amides is 2. The minimum absolute atomic E-state index is 0.0153. The Labute approximate surface area is 116 Å². The topological polar surface area (TPSA) is 69.6 Å². The number of carbonyl (C=O) groups is 2. The summed E-state index contributed by atoms with van der Waals surface area (Å²) in [5, 5.41) is 15.8. The molecule has 6 heteroatoms. The van der Waals surface area contributed by atoms with Gasteiger partial charge in [-0.1, -0.05) is 0 Å². The highest BCUT2D eigenvalue weighted by Crippen LogP contribution is 2.25. The molecule has 1 aliphatic rings. The molecule has 0 radical (unpaired) electrons. The van der Waals surface area contributed by atoms with Gasteiger partial charge in [-0.3, -0.25) is 4.79 Å². The summed E-state index contributed by atoms with van der Waals surface area (Å²) in [6, 6.07) is 1.84. The summed E-state index contributed by atoms with van der Waals surface area (Å²) in [7, 11) is 1.75. The van der Waals surface area contributed by atoms with Gasteiger partial charge in [-0.15, -0.1) is 0 Å². The van der Waals surface area contributed by atoms with E-state index in [0.717, 1.165) is 12.0 Å². The van der Waals surface area contributed by atoms with Crippen molar-refractivity contribution in [3.63, 3.8) is 0 Å². The van der Waals surface area contributed by atoms with Crippen LogP contribution in [0.4, 0.5) is 4.79 Å². The third-order valence-corrected chi connectivity index (χ3v) is 4.19. The highest BCUT2D eigenvalue weighted by Gasteiger charge is 2.30. The van der Waals surface area contributed by atoms with Crippen LogP contribution in [0.2, 0.25) is 0 Å². The van der Waals surface area contributed by atoms with Crippen LogP contribution in [0.15, 0.2) is 16.8 Å². The summed E-state index contributed by atoms with van der Waals surface area (Å²) >= 11 is 1.61. The zero-order valence-electron chi connectivity index (χ0n) is 10.8. The maximum absolute atomic E-state index is 12.0. The largest absolute Gasteiger partial charge is 0.481 e. The first-order chi connectivity index (χ1) is 9.06. The second-order valence-electron chi connectivity index (χ2n) is 4.98. The first-order valence-electron chi connectivity index (χ1n) is 6.31. The maximum atomic E-state index is 12.0. The predicted molar refractivity (Wildman–Crippen MR) is 73.1 cm³/mol. The van der Waals surface area contributed by atoms with Crippen molar-refractivity contribution in [3.05, 3.63) is 22.4 Å². The molecule has 0 aromatic carbocycles. The van der Waals surface area contributed by atoms with Crippen LogP contribution in [0.5, 0.6) is 0 Å². The number of aliphatic carboxylic acids is 1. The number of carboxylic acid groups (broad SMARTS) is 1. The van der Waals surface area contributed by atoms with Gasteiger partial charge in [0.2, 0.25) is 0 Å². The van der Waals surface area contributed by atoms with Crippen LogP contribution in [0.25, 0.3) is 0 Å². The molecule has 0 unspecified atom stereocenters. The summed E-state index contributed by atoms with van der Waals surface area (Å²) < 4.78 is 0. The quantitative estimate of drug-likeness (QED) is 0.889. The Kier molecular flexibility index (Phi) is 4.42. The molecule has 19 heavy (non-hydrogen) atoms. The van der Waals surface area contributed by atoms with E-state index >= 15 is 0 Å². The van der Waals surface area contributed by atoms with Gasteiger partial charge in [0, 0.05) is 19.6 Å². The molecule has 5 nitrogen and oxygen atoms in total. The third kappa shape index (κ3) is 3.70. The fraction of sp³-hybridized carbons (Fsp3) is 0.538. The standard InChI is InChI=1S/C13H18N2O3S/c1-15(7-9-4-5-19-8-9)13(18)14-11-3-2-10(6-11)12(16)17/h4-5,8,10-11H,2-3,6-7H2,1H3,(H,14,18)(H,16,17)/t10-,11+/m1/s1. The van der Waals surface area contributed by atoms with Gasteiger partial charge >= 0.3 is 12.0 Å². The van der Waals surface area contributed by atoms with Crippen LogP contribution in [0.1, 0.15) is 24.8 Å². The zero-order chi connectivity index (χ0) is 13.8. The number of urea groups is 1. The average Bonchev–Trinajstić information content (AvgIpc) is 2.99. The average molecular weight is 282 g/mol. The van der Waals surface area contributed by atoms with Gasteiger partial charge in [-0.05, 0) is 41.7 Å². The summed E-state index contributed by atoms with van der Waals surface area (Å²) in [6.07, 6.45) is 1.93. The summed E-state index contributed by atoms with van der Waals surface area (Å²) in [5.41, 5.74) is 1.11. The molecule has 2 rings (SSSR count). The van der Waals surface area contributed by atoms with Gasteiger partial charge in [0.25, 0.3) is 0 Å². The molecule has 1 saturated carbocycles. The minimum atomic E-state index is -0.761. The number of carboxylic acids is 1. The molecule has 1 aromatic heterocycles. The van der Waals surface area contributed by atoms with Crippen molar-refractivity contribution in [3.8, 4) is 0 Å². The lowest BCUT2D eigenvalue weighted by molar-refractivity contribution is -0.141. The maximum Gasteiger partial charge on any atom is 0.317 e. The number of nitrogens with one attached hydrogen (secondary N) is 1. The summed E-state index contributed by atoms with van der Waals surface area (Å²) in [4.78, 5) is 24.5. The monoisotopic (exact) mass is 282 g/mol. The SMILES string of the molecule is CN(Cc1ccsc1)C(=O)N[C@H]1CC[C@@H](C(=O)O)C1. The lowest BCUT2D eigenvalue weighted by Crippen LogP contribution is -2.41. The molecule has 2 atom stereocenters. The second kappa shape index (κ2) is 6.06. The fourth-order valence-corrected chi connectivity index (χ4v) is 3.01. The van der Waals surface area contributed by atoms with E-state index in [0.29, 0.717) is 19.4 Å². The zero-order valence-corrected chi connectivity index (χ0v) is 11.7. The van der Waals surface area contributed by atoms with E-state index in [2.05, 4.69) is 5.32 Å². The molecule has 1 fully saturated rings. The van der Waals surface area contributed by atoms with Gasteiger partial charge in [-0.25, -0.2) is 4.79 Å². The van der Waals surface area contributed by atoms with E-state index in [1.165, 1.54) is 0 Å². The molecule has 1 aromatic rings. The normalized spacial score (nSPS) is 22.2. The lowest BCUT2D eigenvalue weighted by atomic mass is 10.1. The Morgan fingerprint density at radius 1 is 1.53 bits per heavy atom. The van der Waals surface area contributed by atoms with E-state index in [-0.39, 0.29) is 18.0 Å². The van der Waals surface area contributed by atoms with E-state index < -0.39 is 5.97 Å². The van der Waals surface area contributed by atoms with Gasteiger partial charge in [0.05, 0.1) is 5.92 Å². The Morgan fingerprint density at radius 2 is 2.32 bits per heavy atom. The molecular formula is C13H18N2O3S. The van der Waals surface area contributed by atoms with Crippen molar-refractivity contribution in [2.75, 3.05) is 7.05 Å². The van der Waals surface area contributed by atoms with Crippen LogP contribution in [-0.4, -0.2) is 35.1 Å². The molecule has 0 saturated heterocycles. The van der Waals surface area contributed by atoms with Gasteiger partial charge < -0.3 is 15.3 Å². The highest BCUT2D eigenvalue weighted by atomic mass is 32.1. The number of hydrogen-bond acceptors (Lipinski definition) is 3. The minimum Gasteiger partial charge on any atom is -0.481 e. The molecule has 1 aliphatic carbocycles. The van der Waals surface area contributed by atoms with Crippen molar-refractivity contribution in [1.82, 2.24) is 10.2 Å². The molecule has 0 aliphatic heterocycles. The van der Waals surface area contributed by atoms with Crippen molar-refractivity contribution < 1.29 is 14.7 Å². The second-order valence-corrected chi connectivity index (χ2v) is 5.76. The van der Waals surface area contributed by atoms with Crippen LogP contribution in [0, 0.1) is 5.92 Å². The number of carbonyl (C=O) groups excluding carboxylic acids is 1. The van der Waals surface area contributed by atoms with Crippen molar-refractivity contribution in [1.29, 1.82) is 0 Å². The van der Waals surface area contributed by atoms with E-state index in [1.807, 2.05) is 16.8 Å². The molecule has 0 bridgehead atoms. The van der Waals surface area contributed by atoms with E-state index in [4.69, 9.17) is 5.11 Å². The molecular weight excluding hydrogens is 264 g/mol. The van der Waals surface area contributed by atoms with Crippen LogP contribution >= 0.6 is 11.3 Å².